The largest absolute Gasteiger partial charge is 0.294 e. The minimum absolute atomic E-state index is 0.166. The molecule has 4 rings (SSSR count). The van der Waals surface area contributed by atoms with Crippen LogP contribution in [0.3, 0.4) is 0 Å². The number of rotatable bonds is 2. The summed E-state index contributed by atoms with van der Waals surface area (Å²) in [4.78, 5) is 12.7. The zero-order chi connectivity index (χ0) is 14.2. The number of ketones is 1. The van der Waals surface area contributed by atoms with Crippen molar-refractivity contribution in [3.63, 3.8) is 0 Å². The van der Waals surface area contributed by atoms with Crippen LogP contribution in [-0.2, 0) is 25.7 Å². The molecule has 1 nitrogen and oxygen atoms in total. The van der Waals surface area contributed by atoms with E-state index in [1.165, 1.54) is 41.5 Å². The van der Waals surface area contributed by atoms with Crippen LogP contribution < -0.4 is 0 Å². The first-order valence-electron chi connectivity index (χ1n) is 8.04. The van der Waals surface area contributed by atoms with Gasteiger partial charge in [-0.2, -0.15) is 0 Å². The molecule has 2 aromatic carbocycles. The second kappa shape index (κ2) is 5.14. The van der Waals surface area contributed by atoms with Crippen LogP contribution >= 0.6 is 0 Å². The number of hydrogen-bond donors (Lipinski definition) is 0. The van der Waals surface area contributed by atoms with Gasteiger partial charge in [0.2, 0.25) is 0 Å². The van der Waals surface area contributed by atoms with Gasteiger partial charge in [-0.15, -0.1) is 0 Å². The van der Waals surface area contributed by atoms with E-state index in [0.717, 1.165) is 24.8 Å². The Bertz CT molecular complexity index is 699. The molecule has 0 aliphatic heterocycles. The lowest BCUT2D eigenvalue weighted by Crippen LogP contribution is -2.24. The number of hydrogen-bond acceptors (Lipinski definition) is 1. The fourth-order valence-electron chi connectivity index (χ4n) is 3.89. The first-order chi connectivity index (χ1) is 10.3. The Morgan fingerprint density at radius 2 is 1.76 bits per heavy atom. The van der Waals surface area contributed by atoms with Gasteiger partial charge in [0.15, 0.2) is 5.78 Å². The SMILES string of the molecule is O=C1c2ccccc2CCC1Cc1ccc2c(c1)CCC2. The summed E-state index contributed by atoms with van der Waals surface area (Å²) in [7, 11) is 0. The van der Waals surface area contributed by atoms with Gasteiger partial charge in [-0.3, -0.25) is 4.79 Å². The summed E-state index contributed by atoms with van der Waals surface area (Å²) < 4.78 is 0. The van der Waals surface area contributed by atoms with Gasteiger partial charge in [-0.1, -0.05) is 42.5 Å². The molecule has 2 aliphatic carbocycles. The van der Waals surface area contributed by atoms with Crippen molar-refractivity contribution >= 4 is 5.78 Å². The molecule has 0 N–H and O–H groups in total. The van der Waals surface area contributed by atoms with E-state index in [9.17, 15) is 4.79 Å². The third kappa shape index (κ3) is 2.31. The molecule has 21 heavy (non-hydrogen) atoms. The highest BCUT2D eigenvalue weighted by molar-refractivity contribution is 6.00. The maximum absolute atomic E-state index is 12.7. The fraction of sp³-hybridized carbons (Fsp3) is 0.350. The Morgan fingerprint density at radius 3 is 2.71 bits per heavy atom. The third-order valence-electron chi connectivity index (χ3n) is 5.06. The van der Waals surface area contributed by atoms with Crippen molar-refractivity contribution < 1.29 is 4.79 Å². The number of Topliss-reactive ketones (excluding diaryl/α,β-unsaturated/α-hetero) is 1. The first-order valence-corrected chi connectivity index (χ1v) is 8.04. The Hall–Kier alpha value is -1.89. The highest BCUT2D eigenvalue weighted by Crippen LogP contribution is 2.29. The van der Waals surface area contributed by atoms with E-state index in [1.54, 1.807) is 0 Å². The molecule has 0 bridgehead atoms. The highest BCUT2D eigenvalue weighted by Gasteiger charge is 2.27. The number of aryl methyl sites for hydroxylation is 3. The molecule has 106 valence electrons. The summed E-state index contributed by atoms with van der Waals surface area (Å²) in [5.74, 6) is 0.511. The second-order valence-electron chi connectivity index (χ2n) is 6.42. The lowest BCUT2D eigenvalue weighted by Gasteiger charge is -2.23. The number of benzene rings is 2. The molecule has 0 fully saturated rings. The van der Waals surface area contributed by atoms with Gasteiger partial charge in [0.1, 0.15) is 0 Å². The fourth-order valence-corrected chi connectivity index (χ4v) is 3.89. The zero-order valence-corrected chi connectivity index (χ0v) is 12.3. The molecular weight excluding hydrogens is 256 g/mol. The van der Waals surface area contributed by atoms with Gasteiger partial charge in [-0.25, -0.2) is 0 Å². The topological polar surface area (TPSA) is 17.1 Å². The van der Waals surface area contributed by atoms with E-state index in [2.05, 4.69) is 24.3 Å². The summed E-state index contributed by atoms with van der Waals surface area (Å²) in [5, 5.41) is 0. The van der Waals surface area contributed by atoms with Crippen molar-refractivity contribution in [3.05, 3.63) is 70.3 Å². The quantitative estimate of drug-likeness (QED) is 0.805. The molecule has 0 aromatic heterocycles. The minimum Gasteiger partial charge on any atom is -0.294 e. The predicted octanol–water partition coefficient (Wildman–Crippen LogP) is 4.16. The molecule has 0 heterocycles. The third-order valence-corrected chi connectivity index (χ3v) is 5.06. The maximum atomic E-state index is 12.7. The monoisotopic (exact) mass is 276 g/mol. The minimum atomic E-state index is 0.166. The molecule has 0 amide bonds. The van der Waals surface area contributed by atoms with E-state index in [1.807, 2.05) is 18.2 Å². The molecular formula is C20H20O. The van der Waals surface area contributed by atoms with Crippen molar-refractivity contribution in [1.29, 1.82) is 0 Å². The van der Waals surface area contributed by atoms with Crippen molar-refractivity contribution in [2.45, 2.75) is 38.5 Å². The molecule has 1 heteroatoms. The van der Waals surface area contributed by atoms with Gasteiger partial charge in [0, 0.05) is 11.5 Å². The van der Waals surface area contributed by atoms with Gasteiger partial charge >= 0.3 is 0 Å². The Labute approximate surface area is 126 Å². The van der Waals surface area contributed by atoms with E-state index < -0.39 is 0 Å². The van der Waals surface area contributed by atoms with Gasteiger partial charge in [0.25, 0.3) is 0 Å². The van der Waals surface area contributed by atoms with Crippen LogP contribution in [0.5, 0.6) is 0 Å². The number of carbonyl (C=O) groups excluding carboxylic acids is 1. The first kappa shape index (κ1) is 12.8. The Balaban J connectivity index is 1.57. The van der Waals surface area contributed by atoms with E-state index >= 15 is 0 Å². The molecule has 0 radical (unpaired) electrons. The van der Waals surface area contributed by atoms with Crippen molar-refractivity contribution in [2.24, 2.45) is 5.92 Å². The average molecular weight is 276 g/mol. The van der Waals surface area contributed by atoms with Crippen molar-refractivity contribution in [1.82, 2.24) is 0 Å². The average Bonchev–Trinajstić information content (AvgIpc) is 2.98. The van der Waals surface area contributed by atoms with Crippen molar-refractivity contribution in [3.8, 4) is 0 Å². The van der Waals surface area contributed by atoms with Crippen LogP contribution in [0, 0.1) is 5.92 Å². The molecule has 0 spiro atoms. The van der Waals surface area contributed by atoms with E-state index in [0.29, 0.717) is 5.78 Å². The van der Waals surface area contributed by atoms with E-state index in [4.69, 9.17) is 0 Å². The van der Waals surface area contributed by atoms with Gasteiger partial charge < -0.3 is 0 Å². The summed E-state index contributed by atoms with van der Waals surface area (Å²) in [5.41, 5.74) is 6.55. The molecule has 2 aliphatic rings. The molecule has 0 saturated heterocycles. The van der Waals surface area contributed by atoms with Crippen LogP contribution in [0.4, 0.5) is 0 Å². The molecule has 1 atom stereocenters. The van der Waals surface area contributed by atoms with Crippen LogP contribution in [0.1, 0.15) is 45.5 Å². The smallest absolute Gasteiger partial charge is 0.166 e. The maximum Gasteiger partial charge on any atom is 0.166 e. The second-order valence-corrected chi connectivity index (χ2v) is 6.42. The Morgan fingerprint density at radius 1 is 0.905 bits per heavy atom. The van der Waals surface area contributed by atoms with Gasteiger partial charge in [-0.05, 0) is 60.8 Å². The van der Waals surface area contributed by atoms with Crippen LogP contribution in [0.2, 0.25) is 0 Å². The zero-order valence-electron chi connectivity index (χ0n) is 12.3. The summed E-state index contributed by atoms with van der Waals surface area (Å²) in [6.07, 6.45) is 6.66. The summed E-state index contributed by atoms with van der Waals surface area (Å²) in [6.45, 7) is 0. The summed E-state index contributed by atoms with van der Waals surface area (Å²) >= 11 is 0. The molecule has 2 aromatic rings. The summed E-state index contributed by atoms with van der Waals surface area (Å²) in [6, 6.07) is 15.0. The van der Waals surface area contributed by atoms with Crippen LogP contribution in [0.15, 0.2) is 42.5 Å². The van der Waals surface area contributed by atoms with Crippen LogP contribution in [-0.4, -0.2) is 5.78 Å². The highest BCUT2D eigenvalue weighted by atomic mass is 16.1. The number of carbonyl (C=O) groups is 1. The standard InChI is InChI=1S/C20H20O/c21-20-18(11-10-16-4-1-2-7-19(16)20)13-14-8-9-15-5-3-6-17(15)12-14/h1-2,4,7-9,12,18H,3,5-6,10-11,13H2. The normalized spacial score (nSPS) is 20.2. The molecule has 0 saturated carbocycles. The molecule has 1 unspecified atom stereocenters. The van der Waals surface area contributed by atoms with E-state index in [-0.39, 0.29) is 5.92 Å². The predicted molar refractivity (Wildman–Crippen MR) is 84.8 cm³/mol. The van der Waals surface area contributed by atoms with Gasteiger partial charge in [0.05, 0.1) is 0 Å². The lowest BCUT2D eigenvalue weighted by atomic mass is 9.79. The van der Waals surface area contributed by atoms with Crippen LogP contribution in [0.25, 0.3) is 0 Å². The number of fused-ring (bicyclic) bond motifs is 2. The Kier molecular flexibility index (Phi) is 3.14. The lowest BCUT2D eigenvalue weighted by molar-refractivity contribution is 0.0901. The van der Waals surface area contributed by atoms with Crippen molar-refractivity contribution in [2.75, 3.05) is 0 Å².